The molecule has 142 valence electrons. The molecule has 0 fully saturated rings. The monoisotopic (exact) mass is 387 g/mol. The molecule has 1 amide bonds. The highest BCUT2D eigenvalue weighted by Crippen LogP contribution is 2.30. The summed E-state index contributed by atoms with van der Waals surface area (Å²) in [4.78, 5) is 35.6. The normalized spacial score (nSPS) is 11.5. The molecule has 1 unspecified atom stereocenters. The Kier molecular flexibility index (Phi) is 8.01. The van der Waals surface area contributed by atoms with Gasteiger partial charge >= 0.3 is 5.97 Å². The smallest absolute Gasteiger partial charge is 0.305 e. The van der Waals surface area contributed by atoms with E-state index in [1.807, 2.05) is 30.3 Å². The molecule has 2 rings (SSSR count). The molecule has 1 atom stereocenters. The third kappa shape index (κ3) is 6.53. The lowest BCUT2D eigenvalue weighted by molar-refractivity contribution is -0.143. The van der Waals surface area contributed by atoms with Gasteiger partial charge in [-0.15, -0.1) is 0 Å². The van der Waals surface area contributed by atoms with Crippen LogP contribution in [0.3, 0.4) is 0 Å². The quantitative estimate of drug-likeness (QED) is 0.518. The Morgan fingerprint density at radius 3 is 2.59 bits per heavy atom. The van der Waals surface area contributed by atoms with Crippen molar-refractivity contribution in [2.24, 2.45) is 0 Å². The highest BCUT2D eigenvalue weighted by molar-refractivity contribution is 6.31. The van der Waals surface area contributed by atoms with Crippen LogP contribution in [0.15, 0.2) is 48.5 Å². The van der Waals surface area contributed by atoms with Crippen LogP contribution in [0.5, 0.6) is 0 Å². The van der Waals surface area contributed by atoms with Crippen molar-refractivity contribution in [1.82, 2.24) is 0 Å². The summed E-state index contributed by atoms with van der Waals surface area (Å²) in [6, 6.07) is 14.3. The summed E-state index contributed by atoms with van der Waals surface area (Å²) in [5.41, 5.74) is 1.98. The number of carbonyl (C=O) groups is 3. The number of hydrogen-bond donors (Lipinski definition) is 1. The Bertz CT molecular complexity index is 792. The average Bonchev–Trinajstić information content (AvgIpc) is 2.64. The Morgan fingerprint density at radius 2 is 1.93 bits per heavy atom. The minimum absolute atomic E-state index is 0.122. The molecule has 0 heterocycles. The molecule has 0 aromatic heterocycles. The van der Waals surface area contributed by atoms with Crippen molar-refractivity contribution in [2.45, 2.75) is 32.1 Å². The second-order valence-electron chi connectivity index (χ2n) is 6.03. The molecule has 0 aliphatic rings. The molecule has 0 saturated carbocycles. The summed E-state index contributed by atoms with van der Waals surface area (Å²) in [7, 11) is 0. The van der Waals surface area contributed by atoms with Crippen LogP contribution in [0, 0.1) is 0 Å². The molecule has 6 heteroatoms. The van der Waals surface area contributed by atoms with Gasteiger partial charge in [0.05, 0.1) is 13.0 Å². The van der Waals surface area contributed by atoms with Crippen LogP contribution >= 0.6 is 11.6 Å². The van der Waals surface area contributed by atoms with Gasteiger partial charge < -0.3 is 14.8 Å². The van der Waals surface area contributed by atoms with Gasteiger partial charge in [0.15, 0.2) is 0 Å². The van der Waals surface area contributed by atoms with Crippen molar-refractivity contribution >= 4 is 35.5 Å². The standard InChI is InChI=1S/C21H22ClNO4/c1-2-27-21(26)11-8-16(14-24)18-10-9-17(22)13-19(18)23-20(25)12-15-6-4-3-5-7-15/h3-7,9-10,13-14,16H,2,8,11-12H2,1H3,(H,23,25). The van der Waals surface area contributed by atoms with Crippen LogP contribution < -0.4 is 5.32 Å². The Labute approximate surface area is 163 Å². The summed E-state index contributed by atoms with van der Waals surface area (Å²) >= 11 is 6.06. The number of nitrogens with one attached hydrogen (secondary N) is 1. The maximum absolute atomic E-state index is 12.4. The van der Waals surface area contributed by atoms with Gasteiger partial charge in [-0.2, -0.15) is 0 Å². The zero-order valence-corrected chi connectivity index (χ0v) is 15.9. The first-order valence-electron chi connectivity index (χ1n) is 8.77. The second-order valence-corrected chi connectivity index (χ2v) is 6.46. The van der Waals surface area contributed by atoms with E-state index in [1.165, 1.54) is 0 Å². The molecule has 1 N–H and O–H groups in total. The Hall–Kier alpha value is -2.66. The fourth-order valence-electron chi connectivity index (χ4n) is 2.74. The number of rotatable bonds is 9. The number of amides is 1. The maximum atomic E-state index is 12.4. The van der Waals surface area contributed by atoms with E-state index in [-0.39, 0.29) is 24.7 Å². The first kappa shape index (κ1) is 20.6. The minimum atomic E-state index is -0.543. The van der Waals surface area contributed by atoms with Crippen molar-refractivity contribution < 1.29 is 19.1 Å². The highest BCUT2D eigenvalue weighted by Gasteiger charge is 2.18. The van der Waals surface area contributed by atoms with Crippen LogP contribution in [-0.2, 0) is 25.5 Å². The summed E-state index contributed by atoms with van der Waals surface area (Å²) in [6.07, 6.45) is 1.40. The summed E-state index contributed by atoms with van der Waals surface area (Å²) in [5.74, 6) is -1.11. The largest absolute Gasteiger partial charge is 0.466 e. The molecule has 0 spiro atoms. The number of carbonyl (C=O) groups excluding carboxylic acids is 3. The summed E-state index contributed by atoms with van der Waals surface area (Å²) in [6.45, 7) is 2.03. The molecule has 2 aromatic rings. The highest BCUT2D eigenvalue weighted by atomic mass is 35.5. The van der Waals surface area contributed by atoms with Gasteiger partial charge in [-0.1, -0.05) is 48.0 Å². The number of aldehydes is 1. The van der Waals surface area contributed by atoms with Gasteiger partial charge in [-0.25, -0.2) is 0 Å². The van der Waals surface area contributed by atoms with E-state index in [0.29, 0.717) is 29.3 Å². The Balaban J connectivity index is 2.13. The third-order valence-corrected chi connectivity index (χ3v) is 4.26. The van der Waals surface area contributed by atoms with Crippen LogP contribution in [0.4, 0.5) is 5.69 Å². The van der Waals surface area contributed by atoms with Gasteiger partial charge in [0.1, 0.15) is 6.29 Å². The van der Waals surface area contributed by atoms with E-state index in [1.54, 1.807) is 25.1 Å². The molecule has 0 aliphatic heterocycles. The van der Waals surface area contributed by atoms with E-state index in [2.05, 4.69) is 5.32 Å². The van der Waals surface area contributed by atoms with Crippen molar-refractivity contribution in [3.63, 3.8) is 0 Å². The van der Waals surface area contributed by atoms with Gasteiger partial charge in [-0.05, 0) is 36.6 Å². The van der Waals surface area contributed by atoms with Crippen LogP contribution in [0.1, 0.15) is 36.8 Å². The lowest BCUT2D eigenvalue weighted by atomic mass is 9.94. The van der Waals surface area contributed by atoms with E-state index >= 15 is 0 Å². The van der Waals surface area contributed by atoms with Gasteiger partial charge in [0.25, 0.3) is 0 Å². The van der Waals surface area contributed by atoms with E-state index in [9.17, 15) is 14.4 Å². The number of esters is 1. The molecule has 0 radical (unpaired) electrons. The average molecular weight is 388 g/mol. The molecule has 27 heavy (non-hydrogen) atoms. The lowest BCUT2D eigenvalue weighted by Gasteiger charge is -2.16. The summed E-state index contributed by atoms with van der Waals surface area (Å²) < 4.78 is 4.91. The zero-order valence-electron chi connectivity index (χ0n) is 15.1. The molecule has 2 aromatic carbocycles. The van der Waals surface area contributed by atoms with Crippen molar-refractivity contribution in [3.8, 4) is 0 Å². The fourth-order valence-corrected chi connectivity index (χ4v) is 2.91. The van der Waals surface area contributed by atoms with Crippen molar-refractivity contribution in [2.75, 3.05) is 11.9 Å². The predicted octanol–water partition coefficient (Wildman–Crippen LogP) is 4.15. The predicted molar refractivity (Wildman–Crippen MR) is 105 cm³/mol. The SMILES string of the molecule is CCOC(=O)CCC(C=O)c1ccc(Cl)cc1NC(=O)Cc1ccccc1. The van der Waals surface area contributed by atoms with Crippen LogP contribution in [-0.4, -0.2) is 24.8 Å². The second kappa shape index (κ2) is 10.5. The van der Waals surface area contributed by atoms with Crippen LogP contribution in [0.2, 0.25) is 5.02 Å². The van der Waals surface area contributed by atoms with Gasteiger partial charge in [-0.3, -0.25) is 9.59 Å². The van der Waals surface area contributed by atoms with E-state index in [0.717, 1.165) is 11.8 Å². The number of anilines is 1. The first-order valence-corrected chi connectivity index (χ1v) is 9.15. The van der Waals surface area contributed by atoms with Crippen molar-refractivity contribution in [1.29, 1.82) is 0 Å². The lowest BCUT2D eigenvalue weighted by Crippen LogP contribution is -2.17. The molecule has 0 saturated heterocycles. The van der Waals surface area contributed by atoms with Gasteiger partial charge in [0.2, 0.25) is 5.91 Å². The van der Waals surface area contributed by atoms with Gasteiger partial charge in [0, 0.05) is 23.0 Å². The fraction of sp³-hybridized carbons (Fsp3) is 0.286. The van der Waals surface area contributed by atoms with E-state index < -0.39 is 5.92 Å². The van der Waals surface area contributed by atoms with Crippen molar-refractivity contribution in [3.05, 3.63) is 64.7 Å². The first-order chi connectivity index (χ1) is 13.0. The molecular formula is C21H22ClNO4. The summed E-state index contributed by atoms with van der Waals surface area (Å²) in [5, 5.41) is 3.28. The zero-order chi connectivity index (χ0) is 19.6. The number of halogens is 1. The van der Waals surface area contributed by atoms with E-state index in [4.69, 9.17) is 16.3 Å². The molecule has 5 nitrogen and oxygen atoms in total. The number of ether oxygens (including phenoxy) is 1. The molecule has 0 bridgehead atoms. The topological polar surface area (TPSA) is 72.5 Å². The number of benzene rings is 2. The third-order valence-electron chi connectivity index (χ3n) is 4.03. The minimum Gasteiger partial charge on any atom is -0.466 e. The Morgan fingerprint density at radius 1 is 1.19 bits per heavy atom. The number of hydrogen-bond acceptors (Lipinski definition) is 4. The molecular weight excluding hydrogens is 366 g/mol. The maximum Gasteiger partial charge on any atom is 0.305 e. The van der Waals surface area contributed by atoms with Crippen LogP contribution in [0.25, 0.3) is 0 Å². The molecule has 0 aliphatic carbocycles.